The maximum atomic E-state index is 12.6. The van der Waals surface area contributed by atoms with Gasteiger partial charge in [0.2, 0.25) is 15.9 Å². The fraction of sp³-hybridized carbons (Fsp3) is 0.435. The number of carbonyl (C=O) groups excluding carboxylic acids is 1. The first kappa shape index (κ1) is 24.5. The molecule has 0 saturated carbocycles. The Kier molecular flexibility index (Phi) is 8.33. The van der Waals surface area contributed by atoms with Gasteiger partial charge < -0.3 is 14.4 Å². The summed E-state index contributed by atoms with van der Waals surface area (Å²) in [5.41, 5.74) is 3.54. The number of carbonyl (C=O) groups is 1. The minimum absolute atomic E-state index is 0.0522. The lowest BCUT2D eigenvalue weighted by Gasteiger charge is -2.24. The molecule has 1 amide bonds. The molecule has 0 aromatic heterocycles. The lowest BCUT2D eigenvalue weighted by atomic mass is 10.1. The Morgan fingerprint density at radius 3 is 2.13 bits per heavy atom. The van der Waals surface area contributed by atoms with Crippen LogP contribution in [0, 0.1) is 13.8 Å². The number of sulfonamides is 1. The van der Waals surface area contributed by atoms with Gasteiger partial charge in [-0.05, 0) is 61.2 Å². The molecule has 2 aromatic carbocycles. The van der Waals surface area contributed by atoms with Crippen LogP contribution in [0.1, 0.15) is 29.5 Å². The first-order valence-electron chi connectivity index (χ1n) is 10.1. The molecule has 0 fully saturated rings. The summed E-state index contributed by atoms with van der Waals surface area (Å²) in [4.78, 5) is 14.2. The summed E-state index contributed by atoms with van der Waals surface area (Å²) >= 11 is 0. The topological polar surface area (TPSA) is 76.2 Å². The highest BCUT2D eigenvalue weighted by molar-refractivity contribution is 7.92. The van der Waals surface area contributed by atoms with Crippen molar-refractivity contribution in [2.75, 3.05) is 38.4 Å². The summed E-state index contributed by atoms with van der Waals surface area (Å²) in [5, 5.41) is 0. The van der Waals surface area contributed by atoms with Crippen molar-refractivity contribution in [3.63, 3.8) is 0 Å². The number of anilines is 1. The van der Waals surface area contributed by atoms with Crippen molar-refractivity contribution in [1.29, 1.82) is 0 Å². The van der Waals surface area contributed by atoms with E-state index in [-0.39, 0.29) is 18.9 Å². The van der Waals surface area contributed by atoms with E-state index < -0.39 is 10.0 Å². The molecule has 0 bridgehead atoms. The Morgan fingerprint density at radius 1 is 0.968 bits per heavy atom. The van der Waals surface area contributed by atoms with E-state index in [0.717, 1.165) is 16.7 Å². The van der Waals surface area contributed by atoms with Crippen molar-refractivity contribution in [3.8, 4) is 11.5 Å². The fourth-order valence-corrected chi connectivity index (χ4v) is 4.44. The minimum Gasteiger partial charge on any atom is -0.493 e. The summed E-state index contributed by atoms with van der Waals surface area (Å²) in [5.74, 6) is 1.19. The van der Waals surface area contributed by atoms with Crippen molar-refractivity contribution in [3.05, 3.63) is 53.1 Å². The minimum atomic E-state index is -3.45. The maximum Gasteiger partial charge on any atom is 0.232 e. The Hall–Kier alpha value is -2.74. The van der Waals surface area contributed by atoms with Crippen molar-refractivity contribution in [2.45, 2.75) is 33.2 Å². The molecule has 170 valence electrons. The summed E-state index contributed by atoms with van der Waals surface area (Å²) in [7, 11) is 1.43. The molecule has 31 heavy (non-hydrogen) atoms. The average Bonchev–Trinajstić information content (AvgIpc) is 2.69. The van der Waals surface area contributed by atoms with Crippen molar-refractivity contribution >= 4 is 21.6 Å². The fourth-order valence-electron chi connectivity index (χ4n) is 3.49. The van der Waals surface area contributed by atoms with Crippen molar-refractivity contribution in [1.82, 2.24) is 4.90 Å². The van der Waals surface area contributed by atoms with E-state index in [4.69, 9.17) is 9.47 Å². The van der Waals surface area contributed by atoms with Crippen LogP contribution in [0.4, 0.5) is 5.69 Å². The third-order valence-corrected chi connectivity index (χ3v) is 6.13. The van der Waals surface area contributed by atoms with Gasteiger partial charge in [-0.25, -0.2) is 8.42 Å². The quantitative estimate of drug-likeness (QED) is 0.556. The predicted molar refractivity (Wildman–Crippen MR) is 123 cm³/mol. The van der Waals surface area contributed by atoms with Crippen LogP contribution in [-0.2, 0) is 21.4 Å². The smallest absolute Gasteiger partial charge is 0.232 e. The zero-order valence-corrected chi connectivity index (χ0v) is 20.0. The molecular formula is C23H32N2O5S. The number of aryl methyl sites for hydroxylation is 2. The Bertz CT molecular complexity index is 1000. The average molecular weight is 449 g/mol. The highest BCUT2D eigenvalue weighted by Gasteiger charge is 2.19. The molecule has 0 N–H and O–H groups in total. The van der Waals surface area contributed by atoms with Gasteiger partial charge in [-0.2, -0.15) is 0 Å². The van der Waals surface area contributed by atoms with Crippen LogP contribution in [0.3, 0.4) is 0 Å². The number of ether oxygens (including phenoxy) is 2. The largest absolute Gasteiger partial charge is 0.493 e. The molecule has 2 rings (SSSR count). The van der Waals surface area contributed by atoms with Crippen LogP contribution in [0.2, 0.25) is 0 Å². The third kappa shape index (κ3) is 6.89. The summed E-state index contributed by atoms with van der Waals surface area (Å²) < 4.78 is 36.6. The van der Waals surface area contributed by atoms with E-state index in [1.807, 2.05) is 44.2 Å². The number of rotatable bonds is 10. The normalized spacial score (nSPS) is 11.2. The van der Waals surface area contributed by atoms with Crippen LogP contribution in [0.15, 0.2) is 36.4 Å². The van der Waals surface area contributed by atoms with Gasteiger partial charge in [-0.3, -0.25) is 9.10 Å². The molecule has 8 heteroatoms. The van der Waals surface area contributed by atoms with Crippen molar-refractivity contribution in [2.24, 2.45) is 0 Å². The zero-order valence-electron chi connectivity index (χ0n) is 19.1. The van der Waals surface area contributed by atoms with Gasteiger partial charge in [0.15, 0.2) is 11.5 Å². The maximum absolute atomic E-state index is 12.6. The van der Waals surface area contributed by atoms with Crippen LogP contribution >= 0.6 is 0 Å². The summed E-state index contributed by atoms with van der Waals surface area (Å²) in [6, 6.07) is 11.2. The third-order valence-electron chi connectivity index (χ3n) is 4.94. The van der Waals surface area contributed by atoms with Gasteiger partial charge in [-0.15, -0.1) is 0 Å². The van der Waals surface area contributed by atoms with E-state index in [1.54, 1.807) is 32.2 Å². The molecule has 0 spiro atoms. The van der Waals surface area contributed by atoms with Gasteiger partial charge in [0, 0.05) is 26.6 Å². The Labute approximate surface area is 185 Å². The van der Waals surface area contributed by atoms with E-state index in [9.17, 15) is 13.2 Å². The predicted octanol–water partition coefficient (Wildman–Crippen LogP) is 3.53. The zero-order chi connectivity index (χ0) is 23.2. The van der Waals surface area contributed by atoms with Crippen LogP contribution < -0.4 is 13.8 Å². The number of amides is 1. The molecule has 0 aliphatic heterocycles. The van der Waals surface area contributed by atoms with Gasteiger partial charge in [0.1, 0.15) is 0 Å². The molecule has 0 unspecified atom stereocenters. The SMILES string of the molecule is COc1ccc(CN(C)C(=O)CCCN(c2cc(C)cc(C)c2)S(C)(=O)=O)cc1OC. The molecule has 0 heterocycles. The lowest BCUT2D eigenvalue weighted by molar-refractivity contribution is -0.130. The monoisotopic (exact) mass is 448 g/mol. The lowest BCUT2D eigenvalue weighted by Crippen LogP contribution is -2.32. The van der Waals surface area contributed by atoms with E-state index in [2.05, 4.69) is 0 Å². The van der Waals surface area contributed by atoms with Gasteiger partial charge in [-0.1, -0.05) is 12.1 Å². The van der Waals surface area contributed by atoms with Gasteiger partial charge in [0.25, 0.3) is 0 Å². The van der Waals surface area contributed by atoms with Crippen molar-refractivity contribution < 1.29 is 22.7 Å². The number of hydrogen-bond donors (Lipinski definition) is 0. The highest BCUT2D eigenvalue weighted by Crippen LogP contribution is 2.28. The first-order chi connectivity index (χ1) is 14.5. The molecular weight excluding hydrogens is 416 g/mol. The van der Waals surface area contributed by atoms with E-state index in [0.29, 0.717) is 30.2 Å². The molecule has 0 saturated heterocycles. The molecule has 7 nitrogen and oxygen atoms in total. The first-order valence-corrected chi connectivity index (χ1v) is 11.9. The molecule has 0 radical (unpaired) electrons. The second-order valence-corrected chi connectivity index (χ2v) is 9.63. The summed E-state index contributed by atoms with van der Waals surface area (Å²) in [6.45, 7) is 4.54. The van der Waals surface area contributed by atoms with Gasteiger partial charge >= 0.3 is 0 Å². The molecule has 0 atom stereocenters. The highest BCUT2D eigenvalue weighted by atomic mass is 32.2. The van der Waals surface area contributed by atoms with E-state index >= 15 is 0 Å². The second kappa shape index (κ2) is 10.5. The second-order valence-electron chi connectivity index (χ2n) is 7.72. The summed E-state index contributed by atoms with van der Waals surface area (Å²) in [6.07, 6.45) is 1.87. The molecule has 0 aliphatic rings. The Balaban J connectivity index is 2.00. The van der Waals surface area contributed by atoms with Crippen LogP contribution in [0.25, 0.3) is 0 Å². The number of nitrogens with zero attached hydrogens (tertiary/aromatic N) is 2. The number of hydrogen-bond acceptors (Lipinski definition) is 5. The standard InChI is InChI=1S/C23H32N2O5S/c1-17-12-18(2)14-20(13-17)25(31(6,27)28)11-7-8-23(26)24(3)16-19-9-10-21(29-4)22(15-19)30-5/h9-10,12-15H,7-8,11,16H2,1-6H3. The molecule has 2 aromatic rings. The van der Waals surface area contributed by atoms with Gasteiger partial charge in [0.05, 0.1) is 26.2 Å². The molecule has 0 aliphatic carbocycles. The van der Waals surface area contributed by atoms with Crippen LogP contribution in [0.5, 0.6) is 11.5 Å². The van der Waals surface area contributed by atoms with E-state index in [1.165, 1.54) is 10.6 Å². The van der Waals surface area contributed by atoms with Crippen LogP contribution in [-0.4, -0.2) is 53.3 Å². The number of benzene rings is 2. The number of methoxy groups -OCH3 is 2. The Morgan fingerprint density at radius 2 is 1.58 bits per heavy atom.